The second-order valence-electron chi connectivity index (χ2n) is 5.82. The van der Waals surface area contributed by atoms with E-state index in [2.05, 4.69) is 34.3 Å². The van der Waals surface area contributed by atoms with Crippen LogP contribution in [0.5, 0.6) is 0 Å². The quantitative estimate of drug-likeness (QED) is 0.837. The molecule has 0 atom stereocenters. The zero-order valence-corrected chi connectivity index (χ0v) is 11.5. The molecule has 102 valence electrons. The van der Waals surface area contributed by atoms with Crippen molar-refractivity contribution in [3.05, 3.63) is 17.8 Å². The summed E-state index contributed by atoms with van der Waals surface area (Å²) in [5.41, 5.74) is 1.14. The number of anilines is 1. The van der Waals surface area contributed by atoms with E-state index in [0.717, 1.165) is 24.4 Å². The van der Waals surface area contributed by atoms with Gasteiger partial charge in [-0.05, 0) is 37.8 Å². The molecule has 0 radical (unpaired) electrons. The monoisotopic (exact) mass is 259 g/mol. The number of ketones is 1. The van der Waals surface area contributed by atoms with Crippen LogP contribution in [0.1, 0.15) is 56.6 Å². The summed E-state index contributed by atoms with van der Waals surface area (Å²) in [7, 11) is 2.06. The van der Waals surface area contributed by atoms with E-state index in [1.165, 1.54) is 19.3 Å². The molecule has 2 aliphatic carbocycles. The normalized spacial score (nSPS) is 21.2. The van der Waals surface area contributed by atoms with Crippen LogP contribution in [-0.4, -0.2) is 29.1 Å². The van der Waals surface area contributed by atoms with E-state index in [1.807, 2.05) is 0 Å². The van der Waals surface area contributed by atoms with Crippen LogP contribution in [0.2, 0.25) is 0 Å². The molecule has 2 fully saturated rings. The Labute approximate surface area is 114 Å². The molecule has 2 saturated carbocycles. The lowest BCUT2D eigenvalue weighted by atomic mass is 9.83. The first-order valence-corrected chi connectivity index (χ1v) is 7.32. The van der Waals surface area contributed by atoms with Crippen molar-refractivity contribution in [2.75, 3.05) is 11.9 Å². The van der Waals surface area contributed by atoms with Gasteiger partial charge in [0.15, 0.2) is 5.82 Å². The molecule has 0 aliphatic heterocycles. The van der Waals surface area contributed by atoms with Crippen LogP contribution in [0.3, 0.4) is 0 Å². The Bertz CT molecular complexity index is 443. The van der Waals surface area contributed by atoms with E-state index in [9.17, 15) is 4.79 Å². The number of carbonyl (C=O) groups is 1. The minimum absolute atomic E-state index is 0.399. The maximum absolute atomic E-state index is 11.3. The number of carbonyl (C=O) groups excluding carboxylic acids is 1. The Morgan fingerprint density at radius 1 is 1.11 bits per heavy atom. The Morgan fingerprint density at radius 3 is 2.37 bits per heavy atom. The zero-order chi connectivity index (χ0) is 13.2. The predicted molar refractivity (Wildman–Crippen MR) is 74.3 cm³/mol. The molecular weight excluding hydrogens is 238 g/mol. The third-order valence-electron chi connectivity index (χ3n) is 4.62. The minimum atomic E-state index is 0.399. The van der Waals surface area contributed by atoms with E-state index < -0.39 is 0 Å². The van der Waals surface area contributed by atoms with Gasteiger partial charge >= 0.3 is 0 Å². The second-order valence-corrected chi connectivity index (χ2v) is 5.82. The maximum Gasteiger partial charge on any atom is 0.151 e. The maximum atomic E-state index is 11.3. The summed E-state index contributed by atoms with van der Waals surface area (Å²) < 4.78 is 0. The highest BCUT2D eigenvalue weighted by atomic mass is 16.1. The third-order valence-corrected chi connectivity index (χ3v) is 4.62. The number of nitrogens with zero attached hydrogens (tertiary/aromatic N) is 3. The fraction of sp³-hybridized carbons (Fsp3) is 0.667. The van der Waals surface area contributed by atoms with Crippen molar-refractivity contribution < 1.29 is 4.79 Å². The molecule has 0 aromatic carbocycles. The molecule has 1 aromatic rings. The SMILES string of the molecule is CN(c1ccc(C2CCC2)nn1)C1CCC(=O)CC1. The van der Waals surface area contributed by atoms with Gasteiger partial charge < -0.3 is 4.90 Å². The van der Waals surface area contributed by atoms with Crippen molar-refractivity contribution in [2.45, 2.75) is 56.9 Å². The lowest BCUT2D eigenvalue weighted by Gasteiger charge is -2.31. The van der Waals surface area contributed by atoms with Gasteiger partial charge in [0.2, 0.25) is 0 Å². The van der Waals surface area contributed by atoms with Gasteiger partial charge in [-0.1, -0.05) is 6.42 Å². The Morgan fingerprint density at radius 2 is 1.84 bits per heavy atom. The lowest BCUT2D eigenvalue weighted by molar-refractivity contribution is -0.120. The summed E-state index contributed by atoms with van der Waals surface area (Å²) >= 11 is 0. The van der Waals surface area contributed by atoms with Gasteiger partial charge in [0.1, 0.15) is 5.78 Å². The van der Waals surface area contributed by atoms with E-state index in [-0.39, 0.29) is 0 Å². The fourth-order valence-corrected chi connectivity index (χ4v) is 2.94. The molecular formula is C15H21N3O. The fourth-order valence-electron chi connectivity index (χ4n) is 2.94. The van der Waals surface area contributed by atoms with Gasteiger partial charge in [-0.15, -0.1) is 5.10 Å². The van der Waals surface area contributed by atoms with Crippen LogP contribution in [-0.2, 0) is 4.79 Å². The van der Waals surface area contributed by atoms with Crippen molar-refractivity contribution in [1.29, 1.82) is 0 Å². The number of hydrogen-bond acceptors (Lipinski definition) is 4. The zero-order valence-electron chi connectivity index (χ0n) is 11.5. The van der Waals surface area contributed by atoms with Crippen LogP contribution in [0.25, 0.3) is 0 Å². The standard InChI is InChI=1S/C15H21N3O/c1-18(12-5-7-13(19)8-6-12)15-10-9-14(16-17-15)11-3-2-4-11/h9-12H,2-8H2,1H3. The summed E-state index contributed by atoms with van der Waals surface area (Å²) in [6, 6.07) is 4.63. The number of hydrogen-bond donors (Lipinski definition) is 0. The van der Waals surface area contributed by atoms with Gasteiger partial charge in [-0.2, -0.15) is 5.10 Å². The molecule has 0 unspecified atom stereocenters. The topological polar surface area (TPSA) is 46.1 Å². The number of Topliss-reactive ketones (excluding diaryl/α,β-unsaturated/α-hetero) is 1. The Balaban J connectivity index is 1.65. The molecule has 0 N–H and O–H groups in total. The number of aromatic nitrogens is 2. The molecule has 1 heterocycles. The second kappa shape index (κ2) is 5.27. The van der Waals surface area contributed by atoms with Crippen LogP contribution in [0.15, 0.2) is 12.1 Å². The summed E-state index contributed by atoms with van der Waals surface area (Å²) in [6.07, 6.45) is 7.15. The molecule has 0 amide bonds. The van der Waals surface area contributed by atoms with Gasteiger partial charge in [-0.25, -0.2) is 0 Å². The average molecular weight is 259 g/mol. The molecule has 0 saturated heterocycles. The first kappa shape index (κ1) is 12.6. The third kappa shape index (κ3) is 2.62. The molecule has 1 aromatic heterocycles. The highest BCUT2D eigenvalue weighted by Crippen LogP contribution is 2.35. The summed E-state index contributed by atoms with van der Waals surface area (Å²) in [6.45, 7) is 0. The summed E-state index contributed by atoms with van der Waals surface area (Å²) in [5.74, 6) is 1.97. The molecule has 0 spiro atoms. The molecule has 4 nitrogen and oxygen atoms in total. The van der Waals surface area contributed by atoms with Crippen LogP contribution >= 0.6 is 0 Å². The van der Waals surface area contributed by atoms with Crippen LogP contribution in [0.4, 0.5) is 5.82 Å². The predicted octanol–water partition coefficient (Wildman–Crippen LogP) is 2.69. The van der Waals surface area contributed by atoms with E-state index in [1.54, 1.807) is 0 Å². The van der Waals surface area contributed by atoms with Crippen molar-refractivity contribution in [2.24, 2.45) is 0 Å². The van der Waals surface area contributed by atoms with E-state index >= 15 is 0 Å². The smallest absolute Gasteiger partial charge is 0.151 e. The van der Waals surface area contributed by atoms with E-state index in [4.69, 9.17) is 0 Å². The van der Waals surface area contributed by atoms with Gasteiger partial charge in [-0.3, -0.25) is 4.79 Å². The molecule has 2 aliphatic rings. The van der Waals surface area contributed by atoms with Gasteiger partial charge in [0, 0.05) is 31.8 Å². The van der Waals surface area contributed by atoms with Crippen LogP contribution < -0.4 is 4.90 Å². The van der Waals surface area contributed by atoms with Crippen molar-refractivity contribution >= 4 is 11.6 Å². The van der Waals surface area contributed by atoms with Crippen molar-refractivity contribution in [1.82, 2.24) is 10.2 Å². The molecule has 0 bridgehead atoms. The highest BCUT2D eigenvalue weighted by Gasteiger charge is 2.24. The molecule has 19 heavy (non-hydrogen) atoms. The molecule has 3 rings (SSSR count). The highest BCUT2D eigenvalue weighted by molar-refractivity contribution is 5.79. The Hall–Kier alpha value is -1.45. The first-order chi connectivity index (χ1) is 9.24. The van der Waals surface area contributed by atoms with Crippen molar-refractivity contribution in [3.8, 4) is 0 Å². The summed E-state index contributed by atoms with van der Waals surface area (Å²) in [4.78, 5) is 13.5. The van der Waals surface area contributed by atoms with Crippen LogP contribution in [0, 0.1) is 0 Å². The van der Waals surface area contributed by atoms with Gasteiger partial charge in [0.05, 0.1) is 5.69 Å². The first-order valence-electron chi connectivity index (χ1n) is 7.32. The average Bonchev–Trinajstić information content (AvgIpc) is 2.38. The number of rotatable bonds is 3. The van der Waals surface area contributed by atoms with Gasteiger partial charge in [0.25, 0.3) is 0 Å². The minimum Gasteiger partial charge on any atom is -0.355 e. The van der Waals surface area contributed by atoms with E-state index in [0.29, 0.717) is 30.6 Å². The summed E-state index contributed by atoms with van der Waals surface area (Å²) in [5, 5.41) is 8.74. The lowest BCUT2D eigenvalue weighted by Crippen LogP contribution is -2.36. The largest absolute Gasteiger partial charge is 0.355 e. The Kier molecular flexibility index (Phi) is 3.49. The molecule has 4 heteroatoms. The van der Waals surface area contributed by atoms with Crippen molar-refractivity contribution in [3.63, 3.8) is 0 Å².